The summed E-state index contributed by atoms with van der Waals surface area (Å²) in [5.74, 6) is -0.0116. The molecule has 1 aliphatic rings. The second-order valence-electron chi connectivity index (χ2n) is 6.43. The third-order valence-electron chi connectivity index (χ3n) is 4.64. The predicted molar refractivity (Wildman–Crippen MR) is 102 cm³/mol. The van der Waals surface area contributed by atoms with Gasteiger partial charge in [-0.15, -0.1) is 0 Å². The van der Waals surface area contributed by atoms with Gasteiger partial charge in [-0.25, -0.2) is 4.79 Å². The van der Waals surface area contributed by atoms with Gasteiger partial charge in [-0.05, 0) is 49.2 Å². The monoisotopic (exact) mass is 383 g/mol. The lowest BCUT2D eigenvalue weighted by molar-refractivity contribution is -0.116. The number of Topliss-reactive ketones (excluding diaryl/α,β-unsaturated/α-hetero) is 1. The molecular formula is C21H21NO6. The summed E-state index contributed by atoms with van der Waals surface area (Å²) in [6.45, 7) is 1.43. The van der Waals surface area contributed by atoms with Gasteiger partial charge < -0.3 is 19.5 Å². The van der Waals surface area contributed by atoms with E-state index in [-0.39, 0.29) is 23.9 Å². The van der Waals surface area contributed by atoms with Crippen molar-refractivity contribution in [3.63, 3.8) is 0 Å². The normalized spacial score (nSPS) is 12.6. The van der Waals surface area contributed by atoms with Crippen LogP contribution in [0.2, 0.25) is 0 Å². The van der Waals surface area contributed by atoms with Crippen molar-refractivity contribution in [2.75, 3.05) is 26.1 Å². The van der Waals surface area contributed by atoms with E-state index in [4.69, 9.17) is 14.2 Å². The van der Waals surface area contributed by atoms with Gasteiger partial charge in [0.1, 0.15) is 11.5 Å². The number of hydrogen-bond donors (Lipinski definition) is 1. The number of esters is 1. The number of nitrogens with one attached hydrogen (secondary N) is 1. The van der Waals surface area contributed by atoms with Crippen molar-refractivity contribution in [2.24, 2.45) is 0 Å². The maximum atomic E-state index is 12.4. The Kier molecular flexibility index (Phi) is 5.63. The van der Waals surface area contributed by atoms with E-state index in [2.05, 4.69) is 5.32 Å². The van der Waals surface area contributed by atoms with E-state index in [0.717, 1.165) is 11.1 Å². The molecule has 0 aromatic heterocycles. The van der Waals surface area contributed by atoms with Gasteiger partial charge in [0.05, 0.1) is 19.8 Å². The van der Waals surface area contributed by atoms with Crippen molar-refractivity contribution in [3.05, 3.63) is 52.6 Å². The van der Waals surface area contributed by atoms with Crippen molar-refractivity contribution < 1.29 is 28.6 Å². The zero-order chi connectivity index (χ0) is 20.3. The molecule has 0 unspecified atom stereocenters. The summed E-state index contributed by atoms with van der Waals surface area (Å²) in [4.78, 5) is 36.2. The molecule has 0 saturated carbocycles. The summed E-state index contributed by atoms with van der Waals surface area (Å²) in [6.07, 6.45) is 0.960. The van der Waals surface area contributed by atoms with E-state index < -0.39 is 5.97 Å². The first-order valence-corrected chi connectivity index (χ1v) is 8.78. The van der Waals surface area contributed by atoms with Crippen molar-refractivity contribution in [3.8, 4) is 11.5 Å². The summed E-state index contributed by atoms with van der Waals surface area (Å²) in [6, 6.07) is 8.12. The Morgan fingerprint density at radius 1 is 1.00 bits per heavy atom. The van der Waals surface area contributed by atoms with Crippen LogP contribution in [0.3, 0.4) is 0 Å². The van der Waals surface area contributed by atoms with Crippen molar-refractivity contribution in [1.29, 1.82) is 0 Å². The van der Waals surface area contributed by atoms with E-state index in [1.165, 1.54) is 14.2 Å². The van der Waals surface area contributed by atoms with Gasteiger partial charge >= 0.3 is 5.97 Å². The molecule has 0 bridgehead atoms. The number of carbonyl (C=O) groups is 3. The molecule has 0 saturated heterocycles. The maximum Gasteiger partial charge on any atom is 0.338 e. The Balaban J connectivity index is 1.69. The Hall–Kier alpha value is -3.35. The molecule has 0 atom stereocenters. The number of anilines is 1. The Morgan fingerprint density at radius 2 is 1.68 bits per heavy atom. The number of methoxy groups -OCH3 is 2. The molecule has 0 spiro atoms. The highest BCUT2D eigenvalue weighted by molar-refractivity contribution is 6.01. The first kappa shape index (κ1) is 19.4. The molecular weight excluding hydrogens is 362 g/mol. The third-order valence-corrected chi connectivity index (χ3v) is 4.64. The molecule has 7 nitrogen and oxygen atoms in total. The van der Waals surface area contributed by atoms with Crippen LogP contribution in [0.5, 0.6) is 11.5 Å². The number of benzene rings is 2. The molecule has 7 heteroatoms. The largest absolute Gasteiger partial charge is 0.496 e. The van der Waals surface area contributed by atoms with Gasteiger partial charge in [-0.1, -0.05) is 0 Å². The molecule has 1 aliphatic heterocycles. The van der Waals surface area contributed by atoms with Crippen LogP contribution in [0.4, 0.5) is 5.69 Å². The fourth-order valence-corrected chi connectivity index (χ4v) is 3.06. The number of ether oxygens (including phenoxy) is 3. The fourth-order valence-electron chi connectivity index (χ4n) is 3.06. The third kappa shape index (κ3) is 3.98. The maximum absolute atomic E-state index is 12.4. The lowest BCUT2D eigenvalue weighted by Gasteiger charge is -2.17. The van der Waals surface area contributed by atoms with E-state index in [0.29, 0.717) is 35.6 Å². The van der Waals surface area contributed by atoms with E-state index in [1.54, 1.807) is 30.3 Å². The quantitative estimate of drug-likeness (QED) is 0.609. The van der Waals surface area contributed by atoms with Gasteiger partial charge in [0, 0.05) is 23.2 Å². The highest BCUT2D eigenvalue weighted by atomic mass is 16.5. The Morgan fingerprint density at radius 3 is 2.32 bits per heavy atom. The average Bonchev–Trinajstić information content (AvgIpc) is 2.71. The number of amides is 1. The SMILES string of the molecule is COc1cc(C(=O)OCC(=O)c2ccc3c(c2)CCC(=O)N3)cc(OC)c1C. The van der Waals surface area contributed by atoms with Crippen LogP contribution in [0.25, 0.3) is 0 Å². The van der Waals surface area contributed by atoms with Gasteiger partial charge in [0.2, 0.25) is 5.91 Å². The number of carbonyl (C=O) groups excluding carboxylic acids is 3. The molecule has 2 aromatic carbocycles. The van der Waals surface area contributed by atoms with Crippen LogP contribution in [0.1, 0.15) is 38.3 Å². The van der Waals surface area contributed by atoms with E-state index in [1.807, 2.05) is 6.92 Å². The second kappa shape index (κ2) is 8.12. The first-order valence-electron chi connectivity index (χ1n) is 8.78. The van der Waals surface area contributed by atoms with Gasteiger partial charge in [0.15, 0.2) is 12.4 Å². The molecule has 1 N–H and O–H groups in total. The molecule has 28 heavy (non-hydrogen) atoms. The molecule has 1 heterocycles. The van der Waals surface area contributed by atoms with Crippen molar-refractivity contribution in [1.82, 2.24) is 0 Å². The molecule has 0 aliphatic carbocycles. The Labute approximate surface area is 162 Å². The van der Waals surface area contributed by atoms with E-state index >= 15 is 0 Å². The topological polar surface area (TPSA) is 90.9 Å². The fraction of sp³-hybridized carbons (Fsp3) is 0.286. The van der Waals surface area contributed by atoms with Crippen LogP contribution in [0, 0.1) is 6.92 Å². The lowest BCUT2D eigenvalue weighted by atomic mass is 9.99. The van der Waals surface area contributed by atoms with Crippen LogP contribution in [0.15, 0.2) is 30.3 Å². The number of fused-ring (bicyclic) bond motifs is 1. The number of aryl methyl sites for hydroxylation is 1. The zero-order valence-corrected chi connectivity index (χ0v) is 16.0. The number of hydrogen-bond acceptors (Lipinski definition) is 6. The summed E-state index contributed by atoms with van der Waals surface area (Å²) in [5.41, 5.74) is 3.04. The minimum atomic E-state index is -0.643. The molecule has 3 rings (SSSR count). The Bertz CT molecular complexity index is 925. The van der Waals surface area contributed by atoms with Crippen LogP contribution in [-0.4, -0.2) is 38.5 Å². The second-order valence-corrected chi connectivity index (χ2v) is 6.43. The highest BCUT2D eigenvalue weighted by Gasteiger charge is 2.19. The van der Waals surface area contributed by atoms with Crippen LogP contribution < -0.4 is 14.8 Å². The van der Waals surface area contributed by atoms with Gasteiger partial charge in [-0.2, -0.15) is 0 Å². The number of rotatable bonds is 6. The minimum Gasteiger partial charge on any atom is -0.496 e. The van der Waals surface area contributed by atoms with Crippen molar-refractivity contribution >= 4 is 23.3 Å². The summed E-state index contributed by atoms with van der Waals surface area (Å²) in [7, 11) is 3.00. The van der Waals surface area contributed by atoms with E-state index in [9.17, 15) is 14.4 Å². The molecule has 0 radical (unpaired) electrons. The molecule has 1 amide bonds. The smallest absolute Gasteiger partial charge is 0.338 e. The minimum absolute atomic E-state index is 0.0375. The van der Waals surface area contributed by atoms with Gasteiger partial charge in [0.25, 0.3) is 0 Å². The van der Waals surface area contributed by atoms with Gasteiger partial charge in [-0.3, -0.25) is 9.59 Å². The summed E-state index contributed by atoms with van der Waals surface area (Å²) < 4.78 is 15.7. The summed E-state index contributed by atoms with van der Waals surface area (Å²) >= 11 is 0. The summed E-state index contributed by atoms with van der Waals surface area (Å²) in [5, 5.41) is 2.76. The standard InChI is InChI=1S/C21H21NO6/c1-12-18(26-2)9-15(10-19(12)27-3)21(25)28-11-17(23)14-4-6-16-13(8-14)5-7-20(24)22-16/h4,6,8-10H,5,7,11H2,1-3H3,(H,22,24). The highest BCUT2D eigenvalue weighted by Crippen LogP contribution is 2.30. The molecule has 146 valence electrons. The zero-order valence-electron chi connectivity index (χ0n) is 16.0. The lowest BCUT2D eigenvalue weighted by Crippen LogP contribution is -2.20. The predicted octanol–water partition coefficient (Wildman–Crippen LogP) is 2.94. The first-order chi connectivity index (χ1) is 13.4. The van der Waals surface area contributed by atoms with Crippen molar-refractivity contribution in [2.45, 2.75) is 19.8 Å². The van der Waals surface area contributed by atoms with Crippen LogP contribution >= 0.6 is 0 Å². The molecule has 0 fully saturated rings. The van der Waals surface area contributed by atoms with Crippen LogP contribution in [-0.2, 0) is 16.0 Å². The molecule has 2 aromatic rings. The number of ketones is 1. The average molecular weight is 383 g/mol.